The fourth-order valence-electron chi connectivity index (χ4n) is 2.75. The maximum Gasteiger partial charge on any atom is 0.307 e. The number of ether oxygens (including phenoxy) is 1. The summed E-state index contributed by atoms with van der Waals surface area (Å²) in [5, 5.41) is 9.11. The molecule has 2 unspecified atom stereocenters. The number of aliphatic carboxylic acids is 1. The summed E-state index contributed by atoms with van der Waals surface area (Å²) in [5.74, 6) is 0.739. The van der Waals surface area contributed by atoms with Crippen molar-refractivity contribution in [1.82, 2.24) is 9.55 Å². The molecule has 1 aromatic carbocycles. The fourth-order valence-corrected chi connectivity index (χ4v) is 2.75. The zero-order chi connectivity index (χ0) is 14.3. The predicted octanol–water partition coefficient (Wildman–Crippen LogP) is 2.64. The maximum absolute atomic E-state index is 11.1. The van der Waals surface area contributed by atoms with Crippen molar-refractivity contribution in [3.8, 4) is 5.75 Å². The first-order chi connectivity index (χ1) is 9.65. The van der Waals surface area contributed by atoms with Gasteiger partial charge in [0.1, 0.15) is 11.6 Å². The second kappa shape index (κ2) is 4.81. The molecule has 2 aromatic rings. The lowest BCUT2D eigenvalue weighted by atomic mass is 10.3. The number of hydrogen-bond acceptors (Lipinski definition) is 3. The average molecular weight is 274 g/mol. The molecular formula is C15H18N2O3. The lowest BCUT2D eigenvalue weighted by molar-refractivity contribution is -0.138. The number of carbonyl (C=O) groups is 1. The highest BCUT2D eigenvalue weighted by atomic mass is 16.5. The molecule has 1 N–H and O–H groups in total. The van der Waals surface area contributed by atoms with Gasteiger partial charge in [-0.05, 0) is 25.0 Å². The van der Waals surface area contributed by atoms with Gasteiger partial charge in [0.05, 0.1) is 24.1 Å². The molecule has 5 nitrogen and oxygen atoms in total. The lowest BCUT2D eigenvalue weighted by Crippen LogP contribution is -2.05. The summed E-state index contributed by atoms with van der Waals surface area (Å²) >= 11 is 0. The van der Waals surface area contributed by atoms with Crippen LogP contribution in [-0.2, 0) is 11.3 Å². The highest BCUT2D eigenvalue weighted by Gasteiger charge is 2.47. The zero-order valence-electron chi connectivity index (χ0n) is 11.7. The molecule has 3 rings (SSSR count). The molecule has 1 heterocycles. The Balaban J connectivity index is 2.06. The van der Waals surface area contributed by atoms with Crippen LogP contribution in [-0.4, -0.2) is 27.7 Å². The number of benzene rings is 1. The number of aryl methyl sites for hydroxylation is 1. The van der Waals surface area contributed by atoms with Crippen molar-refractivity contribution >= 4 is 17.0 Å². The van der Waals surface area contributed by atoms with Crippen LogP contribution in [0.3, 0.4) is 0 Å². The third kappa shape index (κ3) is 2.03. The van der Waals surface area contributed by atoms with Crippen LogP contribution in [0.1, 0.15) is 31.5 Å². The molecule has 1 fully saturated rings. The molecule has 1 aliphatic carbocycles. The predicted molar refractivity (Wildman–Crippen MR) is 75.1 cm³/mol. The van der Waals surface area contributed by atoms with Gasteiger partial charge in [-0.3, -0.25) is 4.79 Å². The van der Waals surface area contributed by atoms with Crippen LogP contribution in [0, 0.1) is 5.92 Å². The molecule has 1 saturated carbocycles. The standard InChI is InChI=1S/C15H18N2O3/c1-3-6-17-13-5-4-9(20-2)7-12(13)16-14(17)10-8-11(10)15(18)19/h4-5,7,10-11H,3,6,8H2,1-2H3,(H,18,19). The summed E-state index contributed by atoms with van der Waals surface area (Å²) in [7, 11) is 1.63. The molecule has 0 amide bonds. The molecule has 106 valence electrons. The van der Waals surface area contributed by atoms with Gasteiger partial charge in [0.25, 0.3) is 0 Å². The molecular weight excluding hydrogens is 256 g/mol. The first-order valence-electron chi connectivity index (χ1n) is 6.92. The van der Waals surface area contributed by atoms with Crippen LogP contribution < -0.4 is 4.74 Å². The third-order valence-electron chi connectivity index (χ3n) is 3.87. The number of hydrogen-bond donors (Lipinski definition) is 1. The van der Waals surface area contributed by atoms with Crippen LogP contribution >= 0.6 is 0 Å². The Hall–Kier alpha value is -2.04. The van der Waals surface area contributed by atoms with Crippen molar-refractivity contribution in [2.24, 2.45) is 5.92 Å². The Kier molecular flexibility index (Phi) is 3.12. The van der Waals surface area contributed by atoms with Gasteiger partial charge in [0, 0.05) is 18.5 Å². The Labute approximate surface area is 117 Å². The van der Waals surface area contributed by atoms with Crippen LogP contribution in [0.5, 0.6) is 5.75 Å². The summed E-state index contributed by atoms with van der Waals surface area (Å²) in [5.41, 5.74) is 1.93. The Bertz CT molecular complexity index is 662. The van der Waals surface area contributed by atoms with E-state index in [0.717, 1.165) is 35.6 Å². The minimum atomic E-state index is -0.720. The van der Waals surface area contributed by atoms with E-state index < -0.39 is 5.97 Å². The molecule has 0 aliphatic heterocycles. The topological polar surface area (TPSA) is 64.4 Å². The highest BCUT2D eigenvalue weighted by Crippen LogP contribution is 2.47. The van der Waals surface area contributed by atoms with Gasteiger partial charge in [-0.15, -0.1) is 0 Å². The van der Waals surface area contributed by atoms with E-state index >= 15 is 0 Å². The van der Waals surface area contributed by atoms with Crippen LogP contribution in [0.2, 0.25) is 0 Å². The Morgan fingerprint density at radius 1 is 1.55 bits per heavy atom. The molecule has 0 bridgehead atoms. The number of nitrogens with zero attached hydrogens (tertiary/aromatic N) is 2. The molecule has 5 heteroatoms. The van der Waals surface area contributed by atoms with Crippen molar-refractivity contribution < 1.29 is 14.6 Å². The number of carboxylic acid groups (broad SMARTS) is 1. The first-order valence-corrected chi connectivity index (χ1v) is 6.92. The molecule has 0 spiro atoms. The molecule has 0 radical (unpaired) electrons. The van der Waals surface area contributed by atoms with E-state index in [9.17, 15) is 4.79 Å². The zero-order valence-corrected chi connectivity index (χ0v) is 11.7. The van der Waals surface area contributed by atoms with Crippen molar-refractivity contribution in [1.29, 1.82) is 0 Å². The largest absolute Gasteiger partial charge is 0.497 e. The number of imidazole rings is 1. The minimum Gasteiger partial charge on any atom is -0.497 e. The molecule has 20 heavy (non-hydrogen) atoms. The number of carboxylic acids is 1. The SMILES string of the molecule is CCCn1c(C2CC2C(=O)O)nc2cc(OC)ccc21. The maximum atomic E-state index is 11.1. The van der Waals surface area contributed by atoms with E-state index in [1.165, 1.54) is 0 Å². The summed E-state index contributed by atoms with van der Waals surface area (Å²) in [6, 6.07) is 5.82. The number of methoxy groups -OCH3 is 1. The van der Waals surface area contributed by atoms with E-state index in [1.54, 1.807) is 7.11 Å². The van der Waals surface area contributed by atoms with Gasteiger partial charge >= 0.3 is 5.97 Å². The Morgan fingerprint density at radius 3 is 2.95 bits per heavy atom. The summed E-state index contributed by atoms with van der Waals surface area (Å²) in [6.45, 7) is 2.97. The van der Waals surface area contributed by atoms with Crippen molar-refractivity contribution in [2.45, 2.75) is 32.2 Å². The Morgan fingerprint density at radius 2 is 2.35 bits per heavy atom. The summed E-state index contributed by atoms with van der Waals surface area (Å²) in [4.78, 5) is 15.7. The number of rotatable bonds is 5. The monoisotopic (exact) mass is 274 g/mol. The first kappa shape index (κ1) is 13.0. The van der Waals surface area contributed by atoms with Crippen molar-refractivity contribution in [3.63, 3.8) is 0 Å². The molecule has 0 saturated heterocycles. The normalized spacial score (nSPS) is 21.1. The average Bonchev–Trinajstić information content (AvgIpc) is 3.17. The number of aromatic nitrogens is 2. The second-order valence-corrected chi connectivity index (χ2v) is 5.26. The quantitative estimate of drug-likeness (QED) is 0.910. The van der Waals surface area contributed by atoms with E-state index in [-0.39, 0.29) is 11.8 Å². The van der Waals surface area contributed by atoms with E-state index in [2.05, 4.69) is 16.5 Å². The van der Waals surface area contributed by atoms with Gasteiger partial charge in [0.15, 0.2) is 0 Å². The van der Waals surface area contributed by atoms with Crippen molar-refractivity contribution in [2.75, 3.05) is 7.11 Å². The van der Waals surface area contributed by atoms with Crippen LogP contribution in [0.15, 0.2) is 18.2 Å². The molecule has 1 aromatic heterocycles. The van der Waals surface area contributed by atoms with Gasteiger partial charge in [0.2, 0.25) is 0 Å². The third-order valence-corrected chi connectivity index (χ3v) is 3.87. The molecule has 2 atom stereocenters. The highest BCUT2D eigenvalue weighted by molar-refractivity contribution is 5.79. The summed E-state index contributed by atoms with van der Waals surface area (Å²) < 4.78 is 7.38. The van der Waals surface area contributed by atoms with Gasteiger partial charge < -0.3 is 14.4 Å². The van der Waals surface area contributed by atoms with Crippen LogP contribution in [0.25, 0.3) is 11.0 Å². The second-order valence-electron chi connectivity index (χ2n) is 5.26. The van der Waals surface area contributed by atoms with E-state index in [4.69, 9.17) is 9.84 Å². The van der Waals surface area contributed by atoms with E-state index in [1.807, 2.05) is 18.2 Å². The fraction of sp³-hybridized carbons (Fsp3) is 0.467. The lowest BCUT2D eigenvalue weighted by Gasteiger charge is -2.07. The molecule has 1 aliphatic rings. The minimum absolute atomic E-state index is 0.0532. The van der Waals surface area contributed by atoms with Gasteiger partial charge in [-0.1, -0.05) is 6.92 Å². The van der Waals surface area contributed by atoms with Crippen molar-refractivity contribution in [3.05, 3.63) is 24.0 Å². The number of fused-ring (bicyclic) bond motifs is 1. The van der Waals surface area contributed by atoms with Gasteiger partial charge in [-0.25, -0.2) is 4.98 Å². The van der Waals surface area contributed by atoms with Crippen LogP contribution in [0.4, 0.5) is 0 Å². The van der Waals surface area contributed by atoms with Gasteiger partial charge in [-0.2, -0.15) is 0 Å². The van der Waals surface area contributed by atoms with E-state index in [0.29, 0.717) is 6.42 Å². The summed E-state index contributed by atoms with van der Waals surface area (Å²) in [6.07, 6.45) is 1.69. The smallest absolute Gasteiger partial charge is 0.307 e.